The fraction of sp³-hybridized carbons (Fsp3) is 0.167. The highest BCUT2D eigenvalue weighted by Crippen LogP contribution is 2.21. The van der Waals surface area contributed by atoms with Gasteiger partial charge in [-0.3, -0.25) is 10.1 Å². The SMILES string of the molecule is CS(=O)(=O)Cc1ccc(C(=O)OCc2nnc(-c3ccc([N+](=O)[O-])cc3)o2)cc1. The molecule has 0 aliphatic rings. The molecule has 1 aromatic heterocycles. The molecular formula is C18H15N3O7S. The second-order valence-corrected chi connectivity index (χ2v) is 8.29. The first kappa shape index (κ1) is 20.1. The van der Waals surface area contributed by atoms with Crippen LogP contribution in [0.3, 0.4) is 0 Å². The van der Waals surface area contributed by atoms with Gasteiger partial charge < -0.3 is 9.15 Å². The van der Waals surface area contributed by atoms with Crippen LogP contribution in [0.2, 0.25) is 0 Å². The van der Waals surface area contributed by atoms with Gasteiger partial charge in [0.1, 0.15) is 0 Å². The lowest BCUT2D eigenvalue weighted by Gasteiger charge is -2.04. The van der Waals surface area contributed by atoms with E-state index in [-0.39, 0.29) is 35.4 Å². The highest BCUT2D eigenvalue weighted by Gasteiger charge is 2.14. The van der Waals surface area contributed by atoms with Crippen molar-refractivity contribution in [1.82, 2.24) is 10.2 Å². The fourth-order valence-corrected chi connectivity index (χ4v) is 3.20. The minimum absolute atomic E-state index is 0.0559. The highest BCUT2D eigenvalue weighted by atomic mass is 32.2. The van der Waals surface area contributed by atoms with Crippen molar-refractivity contribution in [3.8, 4) is 11.5 Å². The summed E-state index contributed by atoms with van der Waals surface area (Å²) in [5.74, 6) is -0.558. The standard InChI is InChI=1S/C18H15N3O7S/c1-29(25,26)11-12-2-4-14(5-3-12)18(22)27-10-16-19-20-17(28-16)13-6-8-15(9-7-13)21(23)24/h2-9H,10-11H2,1H3. The molecule has 0 radical (unpaired) electrons. The first-order valence-corrected chi connectivity index (χ1v) is 10.3. The number of benzene rings is 2. The largest absolute Gasteiger partial charge is 0.452 e. The van der Waals surface area contributed by atoms with E-state index in [1.54, 1.807) is 0 Å². The van der Waals surface area contributed by atoms with Crippen molar-refractivity contribution >= 4 is 21.5 Å². The zero-order valence-electron chi connectivity index (χ0n) is 15.1. The Hall–Kier alpha value is -3.60. The van der Waals surface area contributed by atoms with Gasteiger partial charge in [0.05, 0.1) is 16.2 Å². The third-order valence-corrected chi connectivity index (χ3v) is 4.59. The molecule has 0 saturated carbocycles. The minimum Gasteiger partial charge on any atom is -0.452 e. The summed E-state index contributed by atoms with van der Waals surface area (Å²) in [6, 6.07) is 11.6. The highest BCUT2D eigenvalue weighted by molar-refractivity contribution is 7.89. The molecule has 150 valence electrons. The lowest BCUT2D eigenvalue weighted by atomic mass is 10.1. The maximum Gasteiger partial charge on any atom is 0.338 e. The van der Waals surface area contributed by atoms with Crippen molar-refractivity contribution in [2.75, 3.05) is 6.26 Å². The Morgan fingerprint density at radius 3 is 2.34 bits per heavy atom. The van der Waals surface area contributed by atoms with Crippen molar-refractivity contribution < 1.29 is 27.3 Å². The normalized spacial score (nSPS) is 11.2. The summed E-state index contributed by atoms with van der Waals surface area (Å²) in [5, 5.41) is 18.3. The Kier molecular flexibility index (Phi) is 5.69. The third kappa shape index (κ3) is 5.45. The molecule has 1 heterocycles. The number of nitro groups is 1. The monoisotopic (exact) mass is 417 g/mol. The molecule has 0 N–H and O–H groups in total. The van der Waals surface area contributed by atoms with Crippen molar-refractivity contribution in [1.29, 1.82) is 0 Å². The van der Waals surface area contributed by atoms with Gasteiger partial charge in [-0.25, -0.2) is 13.2 Å². The van der Waals surface area contributed by atoms with E-state index in [2.05, 4.69) is 10.2 Å². The quantitative estimate of drug-likeness (QED) is 0.322. The van der Waals surface area contributed by atoms with Gasteiger partial charge in [0.15, 0.2) is 16.4 Å². The minimum atomic E-state index is -3.16. The number of aromatic nitrogens is 2. The van der Waals surface area contributed by atoms with Gasteiger partial charge in [-0.15, -0.1) is 10.2 Å². The molecule has 0 fully saturated rings. The second kappa shape index (κ2) is 8.19. The summed E-state index contributed by atoms with van der Waals surface area (Å²) in [7, 11) is -3.16. The van der Waals surface area contributed by atoms with Crippen LogP contribution >= 0.6 is 0 Å². The third-order valence-electron chi connectivity index (χ3n) is 3.74. The second-order valence-electron chi connectivity index (χ2n) is 6.15. The van der Waals surface area contributed by atoms with Crippen LogP contribution in [-0.4, -0.2) is 35.8 Å². The summed E-state index contributed by atoms with van der Waals surface area (Å²) in [6.07, 6.45) is 1.13. The first-order valence-electron chi connectivity index (χ1n) is 8.22. The van der Waals surface area contributed by atoms with Crippen LogP contribution in [-0.2, 0) is 26.9 Å². The van der Waals surface area contributed by atoms with Gasteiger partial charge in [0, 0.05) is 24.0 Å². The molecule has 3 rings (SSSR count). The summed E-state index contributed by atoms with van der Waals surface area (Å²) in [6.45, 7) is -0.260. The maximum atomic E-state index is 12.1. The number of hydrogen-bond donors (Lipinski definition) is 0. The molecular weight excluding hydrogens is 402 g/mol. The average Bonchev–Trinajstić information content (AvgIpc) is 3.14. The van der Waals surface area contributed by atoms with E-state index in [0.29, 0.717) is 11.1 Å². The summed E-state index contributed by atoms with van der Waals surface area (Å²) in [5.41, 5.74) is 1.23. The maximum absolute atomic E-state index is 12.1. The van der Waals surface area contributed by atoms with Crippen LogP contribution in [0.15, 0.2) is 52.9 Å². The Morgan fingerprint density at radius 1 is 1.10 bits per heavy atom. The van der Waals surface area contributed by atoms with Crippen molar-refractivity contribution in [3.05, 3.63) is 75.7 Å². The Morgan fingerprint density at radius 2 is 1.76 bits per heavy atom. The smallest absolute Gasteiger partial charge is 0.338 e. The predicted octanol–water partition coefficient (Wildman–Crippen LogP) is 2.55. The van der Waals surface area contributed by atoms with E-state index in [9.17, 15) is 23.3 Å². The summed E-state index contributed by atoms with van der Waals surface area (Å²) in [4.78, 5) is 22.3. The first-order chi connectivity index (χ1) is 13.7. The van der Waals surface area contributed by atoms with Crippen LogP contribution in [0, 0.1) is 10.1 Å². The van der Waals surface area contributed by atoms with Crippen LogP contribution in [0.25, 0.3) is 11.5 Å². The van der Waals surface area contributed by atoms with Gasteiger partial charge >= 0.3 is 5.97 Å². The van der Waals surface area contributed by atoms with E-state index in [1.165, 1.54) is 48.5 Å². The zero-order chi connectivity index (χ0) is 21.0. The molecule has 0 bridgehead atoms. The summed E-state index contributed by atoms with van der Waals surface area (Å²) >= 11 is 0. The molecule has 0 atom stereocenters. The molecule has 2 aromatic carbocycles. The van der Waals surface area contributed by atoms with E-state index in [0.717, 1.165) is 6.26 Å². The van der Waals surface area contributed by atoms with Gasteiger partial charge in [0.2, 0.25) is 5.89 Å². The number of carbonyl (C=O) groups is 1. The number of carbonyl (C=O) groups excluding carboxylic acids is 1. The molecule has 0 aliphatic carbocycles. The number of sulfone groups is 1. The number of nitrogens with zero attached hydrogens (tertiary/aromatic N) is 3. The lowest BCUT2D eigenvalue weighted by molar-refractivity contribution is -0.384. The van der Waals surface area contributed by atoms with Crippen LogP contribution in [0.1, 0.15) is 21.8 Å². The number of ether oxygens (including phenoxy) is 1. The molecule has 0 amide bonds. The molecule has 0 unspecified atom stereocenters. The van der Waals surface area contributed by atoms with Gasteiger partial charge in [-0.1, -0.05) is 12.1 Å². The average molecular weight is 417 g/mol. The van der Waals surface area contributed by atoms with Crippen molar-refractivity contribution in [2.45, 2.75) is 12.4 Å². The Balaban J connectivity index is 1.60. The number of hydrogen-bond acceptors (Lipinski definition) is 9. The number of nitro benzene ring substituents is 1. The number of esters is 1. The molecule has 0 spiro atoms. The fourth-order valence-electron chi connectivity index (χ4n) is 2.40. The van der Waals surface area contributed by atoms with Crippen molar-refractivity contribution in [3.63, 3.8) is 0 Å². The molecule has 10 nitrogen and oxygen atoms in total. The topological polar surface area (TPSA) is 142 Å². The lowest BCUT2D eigenvalue weighted by Crippen LogP contribution is -2.06. The van der Waals surface area contributed by atoms with Crippen LogP contribution < -0.4 is 0 Å². The zero-order valence-corrected chi connectivity index (χ0v) is 16.0. The van der Waals surface area contributed by atoms with Gasteiger partial charge in [0.25, 0.3) is 11.6 Å². The number of rotatable bonds is 7. The Labute approximate surface area is 165 Å². The Bertz CT molecular complexity index is 1140. The van der Waals surface area contributed by atoms with Crippen molar-refractivity contribution in [2.24, 2.45) is 0 Å². The molecule has 29 heavy (non-hydrogen) atoms. The van der Waals surface area contributed by atoms with Crippen LogP contribution in [0.5, 0.6) is 0 Å². The molecule has 0 saturated heterocycles. The molecule has 0 aliphatic heterocycles. The van der Waals surface area contributed by atoms with Gasteiger partial charge in [-0.05, 0) is 29.8 Å². The van der Waals surface area contributed by atoms with Gasteiger partial charge in [-0.2, -0.15) is 0 Å². The molecule has 3 aromatic rings. The van der Waals surface area contributed by atoms with E-state index >= 15 is 0 Å². The van der Waals surface area contributed by atoms with Crippen LogP contribution in [0.4, 0.5) is 5.69 Å². The number of non-ortho nitro benzene ring substituents is 1. The van der Waals surface area contributed by atoms with E-state index in [1.807, 2.05) is 0 Å². The summed E-state index contributed by atoms with van der Waals surface area (Å²) < 4.78 is 33.1. The van der Waals surface area contributed by atoms with E-state index in [4.69, 9.17) is 9.15 Å². The van der Waals surface area contributed by atoms with E-state index < -0.39 is 20.7 Å². The predicted molar refractivity (Wildman–Crippen MR) is 100 cm³/mol. The molecule has 11 heteroatoms.